The summed E-state index contributed by atoms with van der Waals surface area (Å²) in [5.74, 6) is 0.606. The molecule has 1 fully saturated rings. The largest absolute Gasteiger partial charge is 0.355 e. The van der Waals surface area contributed by atoms with E-state index in [1.807, 2.05) is 30.3 Å². The standard InChI is InChI=1S/C25H25N5O3/c31-25(15-10-19-8-11-22(12-9-19)30(32)33)26-21-7-5-6-20(18-21)23-13-14-24(28-27-23)29-16-3-1-2-4-17-29/h5-15,18H,1-4,16-17H2,(H,26,31)/b15-10+. The van der Waals surface area contributed by atoms with E-state index in [1.165, 1.54) is 43.9 Å². The summed E-state index contributed by atoms with van der Waals surface area (Å²) < 4.78 is 0. The maximum Gasteiger partial charge on any atom is 0.269 e. The number of aromatic nitrogens is 2. The third-order valence-electron chi connectivity index (χ3n) is 5.54. The van der Waals surface area contributed by atoms with Gasteiger partial charge in [0.1, 0.15) is 0 Å². The van der Waals surface area contributed by atoms with E-state index in [1.54, 1.807) is 24.3 Å². The van der Waals surface area contributed by atoms with Crippen LogP contribution in [0.3, 0.4) is 0 Å². The van der Waals surface area contributed by atoms with Crippen molar-refractivity contribution in [3.63, 3.8) is 0 Å². The van der Waals surface area contributed by atoms with Crippen LogP contribution < -0.4 is 10.2 Å². The molecule has 0 radical (unpaired) electrons. The Morgan fingerprint density at radius 1 is 0.970 bits per heavy atom. The summed E-state index contributed by atoms with van der Waals surface area (Å²) in [6, 6.07) is 17.4. The first-order valence-corrected chi connectivity index (χ1v) is 11.0. The number of rotatable bonds is 6. The predicted octanol–water partition coefficient (Wildman–Crippen LogP) is 5.08. The molecule has 0 spiro atoms. The predicted molar refractivity (Wildman–Crippen MR) is 129 cm³/mol. The van der Waals surface area contributed by atoms with Gasteiger partial charge in [-0.15, -0.1) is 10.2 Å². The molecule has 0 saturated carbocycles. The van der Waals surface area contributed by atoms with Gasteiger partial charge in [0.15, 0.2) is 5.82 Å². The first-order chi connectivity index (χ1) is 16.1. The number of non-ortho nitro benzene ring substituents is 1. The third-order valence-corrected chi connectivity index (χ3v) is 5.54. The molecule has 0 unspecified atom stereocenters. The van der Waals surface area contributed by atoms with Gasteiger partial charge in [0, 0.05) is 42.5 Å². The van der Waals surface area contributed by atoms with Crippen molar-refractivity contribution in [1.82, 2.24) is 10.2 Å². The monoisotopic (exact) mass is 443 g/mol. The number of anilines is 2. The van der Waals surface area contributed by atoms with Gasteiger partial charge < -0.3 is 10.2 Å². The van der Waals surface area contributed by atoms with Crippen molar-refractivity contribution < 1.29 is 9.72 Å². The Kier molecular flexibility index (Phi) is 7.04. The zero-order chi connectivity index (χ0) is 23.0. The van der Waals surface area contributed by atoms with E-state index in [2.05, 4.69) is 20.4 Å². The van der Waals surface area contributed by atoms with E-state index in [0.717, 1.165) is 30.2 Å². The quantitative estimate of drug-likeness (QED) is 0.324. The Balaban J connectivity index is 1.40. The van der Waals surface area contributed by atoms with Gasteiger partial charge in [-0.25, -0.2) is 0 Å². The van der Waals surface area contributed by atoms with E-state index >= 15 is 0 Å². The minimum atomic E-state index is -0.458. The molecule has 0 aliphatic carbocycles. The fraction of sp³-hybridized carbons (Fsp3) is 0.240. The zero-order valence-corrected chi connectivity index (χ0v) is 18.2. The summed E-state index contributed by atoms with van der Waals surface area (Å²) in [6.45, 7) is 2.03. The Hall–Kier alpha value is -4.07. The zero-order valence-electron chi connectivity index (χ0n) is 18.2. The van der Waals surface area contributed by atoms with E-state index in [-0.39, 0.29) is 11.6 Å². The normalized spacial score (nSPS) is 14.1. The maximum atomic E-state index is 12.3. The van der Waals surface area contributed by atoms with E-state index < -0.39 is 4.92 Å². The molecular formula is C25H25N5O3. The van der Waals surface area contributed by atoms with E-state index in [0.29, 0.717) is 11.3 Å². The van der Waals surface area contributed by atoms with Gasteiger partial charge in [0.05, 0.1) is 10.6 Å². The summed E-state index contributed by atoms with van der Waals surface area (Å²) in [4.78, 5) is 24.9. The Morgan fingerprint density at radius 2 is 1.73 bits per heavy atom. The number of amides is 1. The lowest BCUT2D eigenvalue weighted by molar-refractivity contribution is -0.384. The molecular weight excluding hydrogens is 418 g/mol. The summed E-state index contributed by atoms with van der Waals surface area (Å²) in [7, 11) is 0. The van der Waals surface area contributed by atoms with Crippen molar-refractivity contribution in [1.29, 1.82) is 0 Å². The van der Waals surface area contributed by atoms with Gasteiger partial charge in [-0.2, -0.15) is 0 Å². The number of hydrogen-bond acceptors (Lipinski definition) is 6. The maximum absolute atomic E-state index is 12.3. The fourth-order valence-electron chi connectivity index (χ4n) is 3.77. The van der Waals surface area contributed by atoms with Crippen molar-refractivity contribution in [3.05, 3.63) is 82.4 Å². The van der Waals surface area contributed by atoms with Gasteiger partial charge in [0.25, 0.3) is 5.69 Å². The van der Waals surface area contributed by atoms with Crippen LogP contribution in [-0.4, -0.2) is 34.1 Å². The molecule has 2 heterocycles. The molecule has 8 nitrogen and oxygen atoms in total. The van der Waals surface area contributed by atoms with Crippen LogP contribution >= 0.6 is 0 Å². The van der Waals surface area contributed by atoms with Crippen LogP contribution in [0.5, 0.6) is 0 Å². The van der Waals surface area contributed by atoms with Gasteiger partial charge >= 0.3 is 0 Å². The highest BCUT2D eigenvalue weighted by Gasteiger charge is 2.12. The number of hydrogen-bond donors (Lipinski definition) is 1. The van der Waals surface area contributed by atoms with Crippen LogP contribution in [0.15, 0.2) is 66.7 Å². The van der Waals surface area contributed by atoms with Crippen LogP contribution in [0.4, 0.5) is 17.2 Å². The smallest absolute Gasteiger partial charge is 0.269 e. The second kappa shape index (κ2) is 10.5. The minimum Gasteiger partial charge on any atom is -0.355 e. The summed E-state index contributed by atoms with van der Waals surface area (Å²) >= 11 is 0. The highest BCUT2D eigenvalue weighted by molar-refractivity contribution is 6.02. The number of nitrogens with one attached hydrogen (secondary N) is 1. The van der Waals surface area contributed by atoms with E-state index in [4.69, 9.17) is 0 Å². The van der Waals surface area contributed by atoms with Gasteiger partial charge in [-0.05, 0) is 60.9 Å². The number of nitro benzene ring substituents is 1. The number of carbonyl (C=O) groups excluding carboxylic acids is 1. The van der Waals surface area contributed by atoms with Crippen LogP contribution in [0.25, 0.3) is 17.3 Å². The number of nitrogens with zero attached hydrogens (tertiary/aromatic N) is 4. The molecule has 8 heteroatoms. The topological polar surface area (TPSA) is 101 Å². The van der Waals surface area contributed by atoms with Crippen LogP contribution in [0.2, 0.25) is 0 Å². The summed E-state index contributed by atoms with van der Waals surface area (Å²) in [5, 5.41) is 22.4. The molecule has 1 saturated heterocycles. The Bertz CT molecular complexity index is 1140. The highest BCUT2D eigenvalue weighted by Crippen LogP contribution is 2.23. The second-order valence-electron chi connectivity index (χ2n) is 7.93. The van der Waals surface area contributed by atoms with Crippen molar-refractivity contribution in [2.75, 3.05) is 23.3 Å². The molecule has 0 atom stereocenters. The Labute approximate surface area is 192 Å². The first kappa shape index (κ1) is 22.1. The fourth-order valence-corrected chi connectivity index (χ4v) is 3.77. The lowest BCUT2D eigenvalue weighted by Crippen LogP contribution is -2.25. The van der Waals surface area contributed by atoms with Crippen molar-refractivity contribution in [2.24, 2.45) is 0 Å². The lowest BCUT2D eigenvalue weighted by atomic mass is 10.1. The van der Waals surface area contributed by atoms with Gasteiger partial charge in [-0.1, -0.05) is 25.0 Å². The molecule has 1 amide bonds. The number of nitro groups is 1. The molecule has 1 N–H and O–H groups in total. The number of carbonyl (C=O) groups is 1. The summed E-state index contributed by atoms with van der Waals surface area (Å²) in [6.07, 6.45) is 7.90. The van der Waals surface area contributed by atoms with Gasteiger partial charge in [0.2, 0.25) is 5.91 Å². The molecule has 4 rings (SSSR count). The average Bonchev–Trinajstić information content (AvgIpc) is 3.13. The van der Waals surface area contributed by atoms with Crippen LogP contribution in [0, 0.1) is 10.1 Å². The molecule has 1 aliphatic heterocycles. The van der Waals surface area contributed by atoms with Gasteiger partial charge in [-0.3, -0.25) is 14.9 Å². The second-order valence-corrected chi connectivity index (χ2v) is 7.93. The molecule has 1 aromatic heterocycles. The molecule has 1 aliphatic rings. The first-order valence-electron chi connectivity index (χ1n) is 11.0. The molecule has 3 aromatic rings. The van der Waals surface area contributed by atoms with Crippen molar-refractivity contribution >= 4 is 29.2 Å². The third kappa shape index (κ3) is 6.00. The molecule has 0 bridgehead atoms. The minimum absolute atomic E-state index is 0.0102. The van der Waals surface area contributed by atoms with Crippen molar-refractivity contribution in [3.8, 4) is 11.3 Å². The SMILES string of the molecule is O=C(/C=C/c1ccc([N+](=O)[O-])cc1)Nc1cccc(-c2ccc(N3CCCCCC3)nn2)c1. The summed E-state index contributed by atoms with van der Waals surface area (Å²) in [5.41, 5.74) is 2.96. The lowest BCUT2D eigenvalue weighted by Gasteiger charge is -2.20. The number of benzene rings is 2. The molecule has 33 heavy (non-hydrogen) atoms. The van der Waals surface area contributed by atoms with Crippen molar-refractivity contribution in [2.45, 2.75) is 25.7 Å². The average molecular weight is 444 g/mol. The molecule has 168 valence electrons. The Morgan fingerprint density at radius 3 is 2.39 bits per heavy atom. The van der Waals surface area contributed by atoms with E-state index in [9.17, 15) is 14.9 Å². The highest BCUT2D eigenvalue weighted by atomic mass is 16.6. The van der Waals surface area contributed by atoms with Crippen LogP contribution in [-0.2, 0) is 4.79 Å². The van der Waals surface area contributed by atoms with Crippen LogP contribution in [0.1, 0.15) is 31.2 Å². The molecule has 2 aromatic carbocycles.